The molecule has 0 unspecified atom stereocenters. The van der Waals surface area contributed by atoms with Crippen LogP contribution < -0.4 is 10.5 Å². The van der Waals surface area contributed by atoms with Crippen molar-refractivity contribution in [3.63, 3.8) is 0 Å². The molecule has 0 amide bonds. The van der Waals surface area contributed by atoms with Crippen molar-refractivity contribution >= 4 is 5.97 Å². The second-order valence-corrected chi connectivity index (χ2v) is 2.95. The van der Waals surface area contributed by atoms with E-state index in [1.165, 1.54) is 31.4 Å². The highest BCUT2D eigenvalue weighted by Crippen LogP contribution is 2.20. The average Bonchev–Trinajstić information content (AvgIpc) is 2.26. The van der Waals surface area contributed by atoms with E-state index < -0.39 is 18.6 Å². The molecule has 1 aromatic rings. The van der Waals surface area contributed by atoms with Crippen molar-refractivity contribution in [2.45, 2.75) is 12.7 Å². The smallest absolute Gasteiger partial charge is 0.387 e. The molecule has 0 saturated heterocycles. The number of esters is 1. The number of benzene rings is 1. The zero-order chi connectivity index (χ0) is 12.1. The second kappa shape index (κ2) is 5.41. The van der Waals surface area contributed by atoms with Crippen LogP contribution in [0.5, 0.6) is 5.75 Å². The van der Waals surface area contributed by atoms with Crippen LogP contribution in [0.15, 0.2) is 24.3 Å². The Morgan fingerprint density at radius 1 is 1.44 bits per heavy atom. The third kappa shape index (κ3) is 3.16. The number of hydrogen-bond donors (Lipinski definition) is 1. The molecule has 0 saturated carbocycles. The highest BCUT2D eigenvalue weighted by Gasteiger charge is 2.17. The number of methoxy groups -OCH3 is 1. The summed E-state index contributed by atoms with van der Waals surface area (Å²) in [6.07, 6.45) is 0. The molecule has 2 N–H and O–H groups in total. The number of alkyl halides is 2. The van der Waals surface area contributed by atoms with Crippen molar-refractivity contribution in [1.29, 1.82) is 0 Å². The van der Waals surface area contributed by atoms with Gasteiger partial charge in [0, 0.05) is 0 Å². The Bertz CT molecular complexity index is 371. The fraction of sp³-hybridized carbons (Fsp3) is 0.300. The van der Waals surface area contributed by atoms with E-state index in [0.717, 1.165) is 0 Å². The van der Waals surface area contributed by atoms with Gasteiger partial charge in [0.2, 0.25) is 0 Å². The first-order valence-corrected chi connectivity index (χ1v) is 4.42. The van der Waals surface area contributed by atoms with Gasteiger partial charge in [-0.25, -0.2) is 0 Å². The molecule has 0 aliphatic heterocycles. The highest BCUT2D eigenvalue weighted by molar-refractivity contribution is 5.77. The van der Waals surface area contributed by atoms with Gasteiger partial charge in [-0.05, 0) is 17.7 Å². The van der Waals surface area contributed by atoms with Gasteiger partial charge in [0.05, 0.1) is 7.11 Å². The van der Waals surface area contributed by atoms with Gasteiger partial charge >= 0.3 is 12.6 Å². The Balaban J connectivity index is 2.85. The van der Waals surface area contributed by atoms with Crippen LogP contribution in [0.1, 0.15) is 11.6 Å². The van der Waals surface area contributed by atoms with Crippen LogP contribution in [-0.2, 0) is 9.53 Å². The normalized spacial score (nSPS) is 12.3. The molecule has 16 heavy (non-hydrogen) atoms. The first kappa shape index (κ1) is 12.4. The largest absolute Gasteiger partial charge is 0.468 e. The van der Waals surface area contributed by atoms with Crippen LogP contribution in [0.4, 0.5) is 8.78 Å². The van der Waals surface area contributed by atoms with Crippen LogP contribution in [0.3, 0.4) is 0 Å². The molecular weight excluding hydrogens is 220 g/mol. The van der Waals surface area contributed by atoms with E-state index in [1.807, 2.05) is 0 Å². The predicted molar refractivity (Wildman–Crippen MR) is 52.0 cm³/mol. The Labute approximate surface area is 91.0 Å². The van der Waals surface area contributed by atoms with Gasteiger partial charge in [-0.1, -0.05) is 12.1 Å². The van der Waals surface area contributed by atoms with Crippen LogP contribution in [0, 0.1) is 0 Å². The lowest BCUT2D eigenvalue weighted by Crippen LogP contribution is -2.22. The molecular formula is C10H11F2NO3. The number of hydrogen-bond acceptors (Lipinski definition) is 4. The number of ether oxygens (including phenoxy) is 2. The molecule has 1 aromatic carbocycles. The van der Waals surface area contributed by atoms with E-state index in [9.17, 15) is 13.6 Å². The maximum atomic E-state index is 11.9. The molecule has 6 heteroatoms. The maximum absolute atomic E-state index is 11.9. The topological polar surface area (TPSA) is 61.5 Å². The quantitative estimate of drug-likeness (QED) is 0.797. The minimum absolute atomic E-state index is 0.0492. The van der Waals surface area contributed by atoms with Gasteiger partial charge in [0.25, 0.3) is 0 Å². The van der Waals surface area contributed by atoms with E-state index in [-0.39, 0.29) is 5.75 Å². The van der Waals surface area contributed by atoms with Crippen molar-refractivity contribution in [1.82, 2.24) is 0 Å². The van der Waals surface area contributed by atoms with Crippen LogP contribution in [-0.4, -0.2) is 19.7 Å². The number of halogens is 2. The third-order valence-electron chi connectivity index (χ3n) is 1.90. The van der Waals surface area contributed by atoms with Gasteiger partial charge in [0.15, 0.2) is 0 Å². The van der Waals surface area contributed by atoms with Gasteiger partial charge in [-0.2, -0.15) is 8.78 Å². The Morgan fingerprint density at radius 2 is 2.12 bits per heavy atom. The zero-order valence-electron chi connectivity index (χ0n) is 8.52. The summed E-state index contributed by atoms with van der Waals surface area (Å²) < 4.78 is 32.5. The van der Waals surface area contributed by atoms with Gasteiger partial charge in [-0.3, -0.25) is 4.79 Å². The first-order valence-electron chi connectivity index (χ1n) is 4.42. The van der Waals surface area contributed by atoms with Gasteiger partial charge in [0.1, 0.15) is 11.8 Å². The number of rotatable bonds is 4. The summed E-state index contributed by atoms with van der Waals surface area (Å²) in [6.45, 7) is -2.91. The van der Waals surface area contributed by atoms with E-state index in [0.29, 0.717) is 5.56 Å². The first-order chi connectivity index (χ1) is 7.54. The van der Waals surface area contributed by atoms with E-state index in [2.05, 4.69) is 9.47 Å². The molecule has 0 fully saturated rings. The van der Waals surface area contributed by atoms with Crippen molar-refractivity contribution < 1.29 is 23.0 Å². The minimum atomic E-state index is -2.91. The van der Waals surface area contributed by atoms with Crippen LogP contribution >= 0.6 is 0 Å². The summed E-state index contributed by atoms with van der Waals surface area (Å²) in [7, 11) is 1.20. The molecule has 0 aliphatic rings. The van der Waals surface area contributed by atoms with Crippen molar-refractivity contribution in [2.24, 2.45) is 5.73 Å². The number of nitrogens with two attached hydrogens (primary N) is 1. The molecule has 1 atom stereocenters. The Hall–Kier alpha value is -1.69. The molecule has 0 radical (unpaired) electrons. The molecule has 4 nitrogen and oxygen atoms in total. The molecule has 0 spiro atoms. The summed E-state index contributed by atoms with van der Waals surface area (Å²) in [4.78, 5) is 11.1. The second-order valence-electron chi connectivity index (χ2n) is 2.95. The minimum Gasteiger partial charge on any atom is -0.468 e. The molecule has 88 valence electrons. The SMILES string of the molecule is COC(=O)[C@H](N)c1cccc(OC(F)F)c1. The number of carbonyl (C=O) groups excluding carboxylic acids is 1. The van der Waals surface area contributed by atoms with Gasteiger partial charge < -0.3 is 15.2 Å². The zero-order valence-corrected chi connectivity index (χ0v) is 8.52. The molecule has 0 heterocycles. The lowest BCUT2D eigenvalue weighted by molar-refractivity contribution is -0.142. The average molecular weight is 231 g/mol. The summed E-state index contributed by atoms with van der Waals surface area (Å²) in [5.41, 5.74) is 5.88. The van der Waals surface area contributed by atoms with Crippen molar-refractivity contribution in [3.05, 3.63) is 29.8 Å². The van der Waals surface area contributed by atoms with E-state index >= 15 is 0 Å². The summed E-state index contributed by atoms with van der Waals surface area (Å²) >= 11 is 0. The third-order valence-corrected chi connectivity index (χ3v) is 1.90. The molecule has 0 aliphatic carbocycles. The molecule has 0 aromatic heterocycles. The lowest BCUT2D eigenvalue weighted by atomic mass is 10.1. The van der Waals surface area contributed by atoms with E-state index in [1.54, 1.807) is 0 Å². The summed E-state index contributed by atoms with van der Waals surface area (Å²) in [5.74, 6) is -0.693. The summed E-state index contributed by atoms with van der Waals surface area (Å²) in [6, 6.07) is 4.61. The monoisotopic (exact) mass is 231 g/mol. The fourth-order valence-corrected chi connectivity index (χ4v) is 1.15. The Kier molecular flexibility index (Phi) is 4.19. The van der Waals surface area contributed by atoms with E-state index in [4.69, 9.17) is 5.73 Å². The van der Waals surface area contributed by atoms with Gasteiger partial charge in [-0.15, -0.1) is 0 Å². The highest BCUT2D eigenvalue weighted by atomic mass is 19.3. The maximum Gasteiger partial charge on any atom is 0.387 e. The number of carbonyl (C=O) groups is 1. The van der Waals surface area contributed by atoms with Crippen LogP contribution in [0.2, 0.25) is 0 Å². The fourth-order valence-electron chi connectivity index (χ4n) is 1.15. The van der Waals surface area contributed by atoms with Crippen LogP contribution in [0.25, 0.3) is 0 Å². The molecule has 0 bridgehead atoms. The molecule has 1 rings (SSSR count). The predicted octanol–water partition coefficient (Wildman–Crippen LogP) is 1.46. The standard InChI is InChI=1S/C10H11F2NO3/c1-15-9(14)8(13)6-3-2-4-7(5-6)16-10(11)12/h2-5,8,10H,13H2,1H3/t8-/m1/s1. The lowest BCUT2D eigenvalue weighted by Gasteiger charge is -2.11. The van der Waals surface area contributed by atoms with Crippen molar-refractivity contribution in [3.8, 4) is 5.75 Å². The van der Waals surface area contributed by atoms with Crippen molar-refractivity contribution in [2.75, 3.05) is 7.11 Å². The Morgan fingerprint density at radius 3 is 2.69 bits per heavy atom. The summed E-state index contributed by atoms with van der Waals surface area (Å²) in [5, 5.41) is 0.